The summed E-state index contributed by atoms with van der Waals surface area (Å²) >= 11 is 0. The zero-order valence-corrected chi connectivity index (χ0v) is 12.0. The molecule has 1 aromatic carbocycles. The van der Waals surface area contributed by atoms with Crippen LogP contribution in [0, 0.1) is 11.7 Å². The molecule has 5 heteroatoms. The van der Waals surface area contributed by atoms with Crippen molar-refractivity contribution in [1.82, 2.24) is 9.88 Å². The van der Waals surface area contributed by atoms with Gasteiger partial charge < -0.3 is 10.2 Å². The molecule has 112 valence electrons. The lowest BCUT2D eigenvalue weighted by atomic mass is 9.98. The number of hydrogen-bond acceptors (Lipinski definition) is 4. The van der Waals surface area contributed by atoms with Crippen molar-refractivity contribution in [1.29, 1.82) is 0 Å². The molecule has 1 aliphatic heterocycles. The van der Waals surface area contributed by atoms with Crippen LogP contribution in [0.4, 0.5) is 4.39 Å². The Hall–Kier alpha value is -1.72. The summed E-state index contributed by atoms with van der Waals surface area (Å²) in [4.78, 5) is 6.86. The van der Waals surface area contributed by atoms with Crippen molar-refractivity contribution in [2.45, 2.75) is 19.4 Å². The zero-order valence-electron chi connectivity index (χ0n) is 12.0. The molecule has 0 spiro atoms. The van der Waals surface area contributed by atoms with Crippen molar-refractivity contribution < 1.29 is 8.81 Å². The average Bonchev–Trinajstić information content (AvgIpc) is 2.96. The van der Waals surface area contributed by atoms with Crippen molar-refractivity contribution >= 4 is 0 Å². The Morgan fingerprint density at radius 1 is 1.33 bits per heavy atom. The third-order valence-corrected chi connectivity index (χ3v) is 3.96. The summed E-state index contributed by atoms with van der Waals surface area (Å²) in [5.41, 5.74) is 7.46. The summed E-state index contributed by atoms with van der Waals surface area (Å²) in [7, 11) is 0. The molecule has 2 N–H and O–H groups in total. The van der Waals surface area contributed by atoms with Crippen LogP contribution in [0.15, 0.2) is 34.9 Å². The van der Waals surface area contributed by atoms with Crippen LogP contribution in [0.1, 0.15) is 18.5 Å². The van der Waals surface area contributed by atoms with E-state index < -0.39 is 0 Å². The summed E-state index contributed by atoms with van der Waals surface area (Å²) in [6.07, 6.45) is 4.09. The molecular weight excluding hydrogens is 269 g/mol. The van der Waals surface area contributed by atoms with Crippen LogP contribution in [-0.4, -0.2) is 29.5 Å². The fourth-order valence-corrected chi connectivity index (χ4v) is 2.82. The quantitative estimate of drug-likeness (QED) is 0.940. The fraction of sp³-hybridized carbons (Fsp3) is 0.438. The van der Waals surface area contributed by atoms with Gasteiger partial charge in [0.1, 0.15) is 12.1 Å². The highest BCUT2D eigenvalue weighted by Crippen LogP contribution is 2.21. The van der Waals surface area contributed by atoms with Gasteiger partial charge in [0.2, 0.25) is 5.89 Å². The Bertz CT molecular complexity index is 581. The first-order valence-electron chi connectivity index (χ1n) is 7.37. The first kappa shape index (κ1) is 14.2. The maximum atomic E-state index is 12.9. The summed E-state index contributed by atoms with van der Waals surface area (Å²) in [6.45, 7) is 3.63. The number of benzene rings is 1. The molecule has 2 aromatic rings. The van der Waals surface area contributed by atoms with E-state index in [1.54, 1.807) is 18.4 Å². The predicted octanol–water partition coefficient (Wildman–Crippen LogP) is 2.65. The van der Waals surface area contributed by atoms with Gasteiger partial charge in [0.05, 0.1) is 5.69 Å². The summed E-state index contributed by atoms with van der Waals surface area (Å²) in [5.74, 6) is 0.867. The smallest absolute Gasteiger partial charge is 0.226 e. The van der Waals surface area contributed by atoms with Gasteiger partial charge in [-0.15, -0.1) is 0 Å². The minimum absolute atomic E-state index is 0.258. The van der Waals surface area contributed by atoms with Gasteiger partial charge in [0.25, 0.3) is 0 Å². The molecule has 0 aliphatic carbocycles. The second kappa shape index (κ2) is 6.37. The Morgan fingerprint density at radius 3 is 2.90 bits per heavy atom. The van der Waals surface area contributed by atoms with Crippen LogP contribution in [-0.2, 0) is 6.54 Å². The number of oxazole rings is 1. The molecule has 0 amide bonds. The van der Waals surface area contributed by atoms with E-state index in [1.165, 1.54) is 25.0 Å². The Balaban J connectivity index is 1.66. The number of hydrogen-bond donors (Lipinski definition) is 1. The predicted molar refractivity (Wildman–Crippen MR) is 79.0 cm³/mol. The van der Waals surface area contributed by atoms with Crippen molar-refractivity contribution in [3.05, 3.63) is 42.0 Å². The minimum atomic E-state index is -0.258. The SMILES string of the molecule is NCC1CCCN(Cc2coc(-c3ccc(F)cc3)n2)C1. The van der Waals surface area contributed by atoms with Crippen LogP contribution in [0.5, 0.6) is 0 Å². The summed E-state index contributed by atoms with van der Waals surface area (Å²) in [5, 5.41) is 0. The molecule has 0 radical (unpaired) electrons. The second-order valence-electron chi connectivity index (χ2n) is 5.63. The van der Waals surface area contributed by atoms with Gasteiger partial charge >= 0.3 is 0 Å². The Kier molecular flexibility index (Phi) is 4.31. The fourth-order valence-electron chi connectivity index (χ4n) is 2.82. The van der Waals surface area contributed by atoms with E-state index in [4.69, 9.17) is 10.2 Å². The average molecular weight is 289 g/mol. The van der Waals surface area contributed by atoms with E-state index in [0.29, 0.717) is 11.8 Å². The molecular formula is C16H20FN3O. The molecule has 1 aromatic heterocycles. The van der Waals surface area contributed by atoms with Crippen molar-refractivity contribution in [3.8, 4) is 11.5 Å². The molecule has 0 bridgehead atoms. The highest BCUT2D eigenvalue weighted by molar-refractivity contribution is 5.52. The van der Waals surface area contributed by atoms with Gasteiger partial charge in [-0.3, -0.25) is 4.90 Å². The molecule has 1 aliphatic rings. The second-order valence-corrected chi connectivity index (χ2v) is 5.63. The lowest BCUT2D eigenvalue weighted by molar-refractivity contribution is 0.169. The van der Waals surface area contributed by atoms with Crippen molar-refractivity contribution in [3.63, 3.8) is 0 Å². The molecule has 4 nitrogen and oxygen atoms in total. The van der Waals surface area contributed by atoms with Crippen molar-refractivity contribution in [2.75, 3.05) is 19.6 Å². The van der Waals surface area contributed by atoms with Gasteiger partial charge in [-0.25, -0.2) is 9.37 Å². The van der Waals surface area contributed by atoms with E-state index in [2.05, 4.69) is 9.88 Å². The maximum Gasteiger partial charge on any atom is 0.226 e. The molecule has 1 unspecified atom stereocenters. The first-order chi connectivity index (χ1) is 10.2. The summed E-state index contributed by atoms with van der Waals surface area (Å²) in [6, 6.07) is 6.18. The number of nitrogens with two attached hydrogens (primary N) is 1. The Labute approximate surface area is 123 Å². The largest absolute Gasteiger partial charge is 0.444 e. The van der Waals surface area contributed by atoms with Crippen LogP contribution >= 0.6 is 0 Å². The molecule has 1 atom stereocenters. The standard InChI is InChI=1S/C16H20FN3O/c17-14-5-3-13(4-6-14)16-19-15(11-21-16)10-20-7-1-2-12(8-18)9-20/h3-6,11-12H,1-2,7-10,18H2. The highest BCUT2D eigenvalue weighted by Gasteiger charge is 2.19. The first-order valence-corrected chi connectivity index (χ1v) is 7.37. The van der Waals surface area contributed by atoms with E-state index in [1.807, 2.05) is 0 Å². The summed E-state index contributed by atoms with van der Waals surface area (Å²) < 4.78 is 18.4. The van der Waals surface area contributed by atoms with Gasteiger partial charge in [0, 0.05) is 18.7 Å². The number of nitrogens with zero attached hydrogens (tertiary/aromatic N) is 2. The van der Waals surface area contributed by atoms with E-state index in [-0.39, 0.29) is 5.82 Å². The number of likely N-dealkylation sites (tertiary alicyclic amines) is 1. The third-order valence-electron chi connectivity index (χ3n) is 3.96. The lowest BCUT2D eigenvalue weighted by Crippen LogP contribution is -2.37. The minimum Gasteiger partial charge on any atom is -0.444 e. The number of piperidine rings is 1. The maximum absolute atomic E-state index is 12.9. The van der Waals surface area contributed by atoms with Crippen LogP contribution in [0.25, 0.3) is 11.5 Å². The molecule has 1 fully saturated rings. The normalized spacial score (nSPS) is 19.8. The Morgan fingerprint density at radius 2 is 2.14 bits per heavy atom. The monoisotopic (exact) mass is 289 g/mol. The zero-order chi connectivity index (χ0) is 14.7. The lowest BCUT2D eigenvalue weighted by Gasteiger charge is -2.31. The van der Waals surface area contributed by atoms with Gasteiger partial charge in [-0.2, -0.15) is 0 Å². The van der Waals surface area contributed by atoms with Gasteiger partial charge in [-0.1, -0.05) is 0 Å². The molecule has 21 heavy (non-hydrogen) atoms. The topological polar surface area (TPSA) is 55.3 Å². The number of halogens is 1. The highest BCUT2D eigenvalue weighted by atomic mass is 19.1. The van der Waals surface area contributed by atoms with Crippen molar-refractivity contribution in [2.24, 2.45) is 11.7 Å². The van der Waals surface area contributed by atoms with Gasteiger partial charge in [-0.05, 0) is 56.1 Å². The van der Waals surface area contributed by atoms with Crippen LogP contribution in [0.2, 0.25) is 0 Å². The van der Waals surface area contributed by atoms with E-state index in [0.717, 1.165) is 37.4 Å². The molecule has 1 saturated heterocycles. The van der Waals surface area contributed by atoms with Crippen LogP contribution in [0.3, 0.4) is 0 Å². The molecule has 3 rings (SSSR count). The third kappa shape index (κ3) is 3.49. The number of aromatic nitrogens is 1. The van der Waals surface area contributed by atoms with E-state index >= 15 is 0 Å². The van der Waals surface area contributed by atoms with E-state index in [9.17, 15) is 4.39 Å². The molecule has 2 heterocycles. The van der Waals surface area contributed by atoms with Crippen LogP contribution < -0.4 is 5.73 Å². The molecule has 0 saturated carbocycles. The van der Waals surface area contributed by atoms with Gasteiger partial charge in [0.15, 0.2) is 0 Å². The number of rotatable bonds is 4.